The van der Waals surface area contributed by atoms with E-state index in [1.807, 2.05) is 13.8 Å². The summed E-state index contributed by atoms with van der Waals surface area (Å²) < 4.78 is 0. The maximum absolute atomic E-state index is 2.28. The van der Waals surface area contributed by atoms with E-state index < -0.39 is 0 Å². The van der Waals surface area contributed by atoms with Crippen molar-refractivity contribution in [3.8, 4) is 0 Å². The number of hydrogen-bond acceptors (Lipinski definition) is 0. The molecule has 0 nitrogen and oxygen atoms in total. The lowest BCUT2D eigenvalue weighted by molar-refractivity contribution is 0.586. The van der Waals surface area contributed by atoms with Crippen molar-refractivity contribution < 1.29 is 0 Å². The third-order valence-electron chi connectivity index (χ3n) is 2.25. The minimum Gasteiger partial charge on any atom is -0.0683 e. The summed E-state index contributed by atoms with van der Waals surface area (Å²) in [4.78, 5) is 0. The fourth-order valence-corrected chi connectivity index (χ4v) is 1.33. The molecule has 0 aliphatic heterocycles. The molecule has 0 heterocycles. The van der Waals surface area contributed by atoms with E-state index >= 15 is 0 Å². The molecular formula is C14H24. The molecule has 0 saturated carbocycles. The molecular weight excluding hydrogens is 168 g/mol. The highest BCUT2D eigenvalue weighted by atomic mass is 14.0. The van der Waals surface area contributed by atoms with Crippen LogP contribution in [0, 0.1) is 12.8 Å². The fourth-order valence-electron chi connectivity index (χ4n) is 1.33. The van der Waals surface area contributed by atoms with E-state index in [0.717, 1.165) is 5.92 Å². The molecule has 0 bridgehead atoms. The molecule has 1 aromatic rings. The van der Waals surface area contributed by atoms with E-state index in [1.165, 1.54) is 24.0 Å². The Morgan fingerprint density at radius 1 is 1.07 bits per heavy atom. The van der Waals surface area contributed by atoms with E-state index in [9.17, 15) is 0 Å². The first-order chi connectivity index (χ1) is 6.70. The smallest absolute Gasteiger partial charge is 0.0274 e. The van der Waals surface area contributed by atoms with Gasteiger partial charge in [-0.15, -0.1) is 0 Å². The van der Waals surface area contributed by atoms with E-state index in [4.69, 9.17) is 0 Å². The summed E-state index contributed by atoms with van der Waals surface area (Å²) in [5, 5.41) is 0. The standard InChI is InChI=1S/C12H18.C2H6/c1-10(2)8-9-12-7-5-4-6-11(12)3;1-2/h4-7,10H,8-9H2,1-3H3;1-2H3. The first-order valence-corrected chi connectivity index (χ1v) is 5.74. The summed E-state index contributed by atoms with van der Waals surface area (Å²) in [5.41, 5.74) is 2.93. The van der Waals surface area contributed by atoms with Crippen LogP contribution < -0.4 is 0 Å². The van der Waals surface area contributed by atoms with Crippen molar-refractivity contribution in [1.82, 2.24) is 0 Å². The van der Waals surface area contributed by atoms with Crippen molar-refractivity contribution in [3.05, 3.63) is 35.4 Å². The number of aryl methyl sites for hydroxylation is 2. The highest BCUT2D eigenvalue weighted by molar-refractivity contribution is 5.25. The van der Waals surface area contributed by atoms with E-state index in [1.54, 1.807) is 0 Å². The lowest BCUT2D eigenvalue weighted by Gasteiger charge is -2.06. The molecule has 1 rings (SSSR count). The predicted octanol–water partition coefficient (Wildman–Crippen LogP) is 4.61. The van der Waals surface area contributed by atoms with Gasteiger partial charge in [0.15, 0.2) is 0 Å². The molecule has 0 N–H and O–H groups in total. The quantitative estimate of drug-likeness (QED) is 0.656. The zero-order chi connectivity index (χ0) is 11.0. The molecule has 0 heteroatoms. The molecule has 0 aliphatic carbocycles. The lowest BCUT2D eigenvalue weighted by atomic mass is 9.99. The van der Waals surface area contributed by atoms with Gasteiger partial charge in [0, 0.05) is 0 Å². The van der Waals surface area contributed by atoms with Gasteiger partial charge < -0.3 is 0 Å². The fraction of sp³-hybridized carbons (Fsp3) is 0.571. The van der Waals surface area contributed by atoms with Gasteiger partial charge in [-0.1, -0.05) is 52.0 Å². The van der Waals surface area contributed by atoms with Crippen LogP contribution in [0.25, 0.3) is 0 Å². The number of benzene rings is 1. The summed E-state index contributed by atoms with van der Waals surface area (Å²) in [6.45, 7) is 10.7. The Hall–Kier alpha value is -0.780. The van der Waals surface area contributed by atoms with Gasteiger partial charge in [-0.25, -0.2) is 0 Å². The van der Waals surface area contributed by atoms with Crippen LogP contribution in [-0.2, 0) is 6.42 Å². The van der Waals surface area contributed by atoms with Crippen LogP contribution in [-0.4, -0.2) is 0 Å². The van der Waals surface area contributed by atoms with Gasteiger partial charge in [-0.3, -0.25) is 0 Å². The largest absolute Gasteiger partial charge is 0.0683 e. The monoisotopic (exact) mass is 192 g/mol. The van der Waals surface area contributed by atoms with Crippen molar-refractivity contribution in [3.63, 3.8) is 0 Å². The lowest BCUT2D eigenvalue weighted by Crippen LogP contribution is -1.93. The normalized spacial score (nSPS) is 9.57. The Kier molecular flexibility index (Phi) is 7.18. The second-order valence-electron chi connectivity index (χ2n) is 3.86. The Morgan fingerprint density at radius 3 is 2.14 bits per heavy atom. The summed E-state index contributed by atoms with van der Waals surface area (Å²) >= 11 is 0. The minimum absolute atomic E-state index is 0.810. The molecule has 0 fully saturated rings. The van der Waals surface area contributed by atoms with Gasteiger partial charge in [-0.05, 0) is 36.8 Å². The molecule has 0 saturated heterocycles. The van der Waals surface area contributed by atoms with Crippen molar-refractivity contribution in [2.24, 2.45) is 5.92 Å². The molecule has 0 amide bonds. The summed E-state index contributed by atoms with van der Waals surface area (Å²) in [6, 6.07) is 8.66. The third kappa shape index (κ3) is 5.06. The highest BCUT2D eigenvalue weighted by Crippen LogP contribution is 2.12. The maximum atomic E-state index is 2.28. The van der Waals surface area contributed by atoms with E-state index in [0.29, 0.717) is 0 Å². The second kappa shape index (κ2) is 7.61. The van der Waals surface area contributed by atoms with Crippen molar-refractivity contribution in [1.29, 1.82) is 0 Å². The van der Waals surface area contributed by atoms with Crippen LogP contribution in [0.2, 0.25) is 0 Å². The summed E-state index contributed by atoms with van der Waals surface area (Å²) in [6.07, 6.45) is 2.52. The molecule has 14 heavy (non-hydrogen) atoms. The Bertz CT molecular complexity index is 236. The van der Waals surface area contributed by atoms with Gasteiger partial charge in [0.1, 0.15) is 0 Å². The molecule has 0 aliphatic rings. The Morgan fingerprint density at radius 2 is 1.64 bits per heavy atom. The Balaban J connectivity index is 0.000000791. The Labute approximate surface area is 89.4 Å². The molecule has 0 unspecified atom stereocenters. The second-order valence-corrected chi connectivity index (χ2v) is 3.86. The van der Waals surface area contributed by atoms with Gasteiger partial charge in [0.25, 0.3) is 0 Å². The third-order valence-corrected chi connectivity index (χ3v) is 2.25. The summed E-state index contributed by atoms with van der Waals surface area (Å²) in [7, 11) is 0. The maximum Gasteiger partial charge on any atom is -0.0274 e. The van der Waals surface area contributed by atoms with Crippen molar-refractivity contribution in [2.75, 3.05) is 0 Å². The van der Waals surface area contributed by atoms with Crippen LogP contribution in [0.4, 0.5) is 0 Å². The number of rotatable bonds is 3. The average Bonchev–Trinajstić information content (AvgIpc) is 2.19. The first kappa shape index (κ1) is 13.2. The zero-order valence-corrected chi connectivity index (χ0v) is 10.3. The van der Waals surface area contributed by atoms with Crippen LogP contribution in [0.3, 0.4) is 0 Å². The van der Waals surface area contributed by atoms with Crippen LogP contribution in [0.1, 0.15) is 45.2 Å². The summed E-state index contributed by atoms with van der Waals surface area (Å²) in [5.74, 6) is 0.810. The van der Waals surface area contributed by atoms with Crippen molar-refractivity contribution in [2.45, 2.75) is 47.5 Å². The average molecular weight is 192 g/mol. The number of hydrogen-bond donors (Lipinski definition) is 0. The van der Waals surface area contributed by atoms with Crippen LogP contribution in [0.15, 0.2) is 24.3 Å². The van der Waals surface area contributed by atoms with Gasteiger partial charge in [0.05, 0.1) is 0 Å². The van der Waals surface area contributed by atoms with E-state index in [2.05, 4.69) is 45.0 Å². The van der Waals surface area contributed by atoms with E-state index in [-0.39, 0.29) is 0 Å². The zero-order valence-electron chi connectivity index (χ0n) is 10.3. The van der Waals surface area contributed by atoms with Gasteiger partial charge in [-0.2, -0.15) is 0 Å². The minimum atomic E-state index is 0.810. The molecule has 1 aromatic carbocycles. The molecule has 0 atom stereocenters. The molecule has 0 spiro atoms. The topological polar surface area (TPSA) is 0 Å². The molecule has 80 valence electrons. The molecule has 0 aromatic heterocycles. The first-order valence-electron chi connectivity index (χ1n) is 5.74. The van der Waals surface area contributed by atoms with Crippen LogP contribution in [0.5, 0.6) is 0 Å². The van der Waals surface area contributed by atoms with Crippen molar-refractivity contribution >= 4 is 0 Å². The van der Waals surface area contributed by atoms with Gasteiger partial charge >= 0.3 is 0 Å². The predicted molar refractivity (Wildman–Crippen MR) is 65.7 cm³/mol. The van der Waals surface area contributed by atoms with Crippen LogP contribution >= 0.6 is 0 Å². The van der Waals surface area contributed by atoms with Gasteiger partial charge in [0.2, 0.25) is 0 Å². The molecule has 0 radical (unpaired) electrons. The highest BCUT2D eigenvalue weighted by Gasteiger charge is 1.98. The SMILES string of the molecule is CC.Cc1ccccc1CCC(C)C.